The Morgan fingerprint density at radius 1 is 1.07 bits per heavy atom. The third-order valence-corrected chi connectivity index (χ3v) is 6.71. The van der Waals surface area contributed by atoms with Crippen molar-refractivity contribution in [2.24, 2.45) is 23.7 Å². The Balaban J connectivity index is 1.23. The van der Waals surface area contributed by atoms with E-state index in [0.29, 0.717) is 17.5 Å². The number of rotatable bonds is 6. The molecule has 0 aromatic heterocycles. The molecule has 0 spiro atoms. The number of anilines is 1. The molecule has 4 atom stereocenters. The van der Waals surface area contributed by atoms with Gasteiger partial charge >= 0.3 is 5.97 Å². The van der Waals surface area contributed by atoms with E-state index in [1.54, 1.807) is 6.07 Å². The molecule has 3 amide bonds. The van der Waals surface area contributed by atoms with Crippen molar-refractivity contribution in [1.29, 1.82) is 0 Å². The van der Waals surface area contributed by atoms with Crippen LogP contribution in [0.5, 0.6) is 0 Å². The van der Waals surface area contributed by atoms with Gasteiger partial charge in [-0.1, -0.05) is 6.07 Å². The van der Waals surface area contributed by atoms with Gasteiger partial charge in [-0.25, -0.2) is 0 Å². The third-order valence-electron chi connectivity index (χ3n) is 6.71. The number of benzene rings is 1. The summed E-state index contributed by atoms with van der Waals surface area (Å²) in [6, 6.07) is 5.54. The molecule has 7 heteroatoms. The van der Waals surface area contributed by atoms with E-state index < -0.39 is 18.5 Å². The number of hydrogen-bond acceptors (Lipinski definition) is 5. The van der Waals surface area contributed by atoms with Crippen LogP contribution in [0.25, 0.3) is 0 Å². The van der Waals surface area contributed by atoms with E-state index in [9.17, 15) is 19.2 Å². The predicted molar refractivity (Wildman–Crippen MR) is 105 cm³/mol. The lowest BCUT2D eigenvalue weighted by Gasteiger charge is -2.19. The number of amides is 3. The maximum atomic E-state index is 12.6. The van der Waals surface area contributed by atoms with Gasteiger partial charge in [-0.2, -0.15) is 0 Å². The molecule has 1 N–H and O–H groups in total. The zero-order valence-electron chi connectivity index (χ0n) is 16.8. The van der Waals surface area contributed by atoms with Gasteiger partial charge in [0.15, 0.2) is 6.61 Å². The van der Waals surface area contributed by atoms with Crippen LogP contribution in [0.4, 0.5) is 5.69 Å². The predicted octanol–water partition coefficient (Wildman–Crippen LogP) is 2.21. The lowest BCUT2D eigenvalue weighted by atomic mass is 9.81. The Morgan fingerprint density at radius 3 is 2.34 bits per heavy atom. The summed E-state index contributed by atoms with van der Waals surface area (Å²) in [6.45, 7) is 3.56. The second-order valence-corrected chi connectivity index (χ2v) is 8.47. The fourth-order valence-electron chi connectivity index (χ4n) is 5.13. The summed E-state index contributed by atoms with van der Waals surface area (Å²) in [6.07, 6.45) is 2.94. The maximum Gasteiger partial charge on any atom is 0.308 e. The second-order valence-electron chi connectivity index (χ2n) is 8.47. The second kappa shape index (κ2) is 7.61. The number of esters is 1. The number of nitrogens with zero attached hydrogens (tertiary/aromatic N) is 1. The van der Waals surface area contributed by atoms with E-state index in [1.807, 2.05) is 26.0 Å². The molecule has 154 valence electrons. The van der Waals surface area contributed by atoms with Gasteiger partial charge < -0.3 is 10.1 Å². The van der Waals surface area contributed by atoms with Crippen molar-refractivity contribution in [3.63, 3.8) is 0 Å². The van der Waals surface area contributed by atoms with E-state index in [1.165, 1.54) is 4.90 Å². The van der Waals surface area contributed by atoms with Crippen LogP contribution in [0.1, 0.15) is 36.8 Å². The number of fused-ring (bicyclic) bond motifs is 5. The molecular weight excluding hydrogens is 372 g/mol. The molecule has 2 saturated carbocycles. The van der Waals surface area contributed by atoms with E-state index >= 15 is 0 Å². The SMILES string of the molecule is Cc1ccc(NC(=O)COC(=O)CCN2C(=O)[C@H]3[C@@H]4CC[C@@H](C4)[C@@H]3C2=O)cc1C. The summed E-state index contributed by atoms with van der Waals surface area (Å²) < 4.78 is 5.01. The fourth-order valence-corrected chi connectivity index (χ4v) is 5.13. The summed E-state index contributed by atoms with van der Waals surface area (Å²) in [5.41, 5.74) is 2.82. The number of likely N-dealkylation sites (tertiary alicyclic amines) is 1. The quantitative estimate of drug-likeness (QED) is 0.586. The van der Waals surface area contributed by atoms with Crippen molar-refractivity contribution in [2.75, 3.05) is 18.5 Å². The van der Waals surface area contributed by atoms with E-state index in [4.69, 9.17) is 4.74 Å². The molecule has 1 heterocycles. The highest BCUT2D eigenvalue weighted by Crippen LogP contribution is 2.56. The Morgan fingerprint density at radius 2 is 1.72 bits per heavy atom. The minimum absolute atomic E-state index is 0.0295. The highest BCUT2D eigenvalue weighted by molar-refractivity contribution is 6.06. The number of carbonyl (C=O) groups is 4. The van der Waals surface area contributed by atoms with Gasteiger partial charge in [0.05, 0.1) is 18.3 Å². The Kier molecular flexibility index (Phi) is 5.15. The fraction of sp³-hybridized carbons (Fsp3) is 0.545. The molecule has 2 bridgehead atoms. The van der Waals surface area contributed by atoms with E-state index in [2.05, 4.69) is 5.32 Å². The average molecular weight is 398 g/mol. The molecule has 3 aliphatic rings. The summed E-state index contributed by atoms with van der Waals surface area (Å²) in [5.74, 6) is -0.996. The van der Waals surface area contributed by atoms with Gasteiger partial charge in [0.1, 0.15) is 0 Å². The lowest BCUT2D eigenvalue weighted by molar-refractivity contribution is -0.149. The number of carbonyl (C=O) groups excluding carboxylic acids is 4. The van der Waals surface area contributed by atoms with Gasteiger partial charge in [0.2, 0.25) is 11.8 Å². The van der Waals surface area contributed by atoms with Gasteiger partial charge in [-0.3, -0.25) is 24.1 Å². The molecule has 1 aromatic rings. The number of ether oxygens (including phenoxy) is 1. The van der Waals surface area contributed by atoms with Gasteiger partial charge in [-0.05, 0) is 68.2 Å². The smallest absolute Gasteiger partial charge is 0.308 e. The molecule has 0 unspecified atom stereocenters. The van der Waals surface area contributed by atoms with Crippen LogP contribution >= 0.6 is 0 Å². The summed E-state index contributed by atoms with van der Waals surface area (Å²) in [7, 11) is 0. The highest BCUT2D eigenvalue weighted by atomic mass is 16.5. The first-order valence-electron chi connectivity index (χ1n) is 10.2. The van der Waals surface area contributed by atoms with Crippen LogP contribution in [0, 0.1) is 37.5 Å². The van der Waals surface area contributed by atoms with E-state index in [0.717, 1.165) is 30.4 Å². The molecular formula is C22H26N2O5. The minimum atomic E-state index is -0.596. The molecule has 1 aliphatic heterocycles. The average Bonchev–Trinajstić information content (AvgIpc) is 3.36. The normalized spacial score (nSPS) is 27.3. The Labute approximate surface area is 169 Å². The van der Waals surface area contributed by atoms with Crippen molar-refractivity contribution >= 4 is 29.4 Å². The lowest BCUT2D eigenvalue weighted by Crippen LogP contribution is -2.35. The molecule has 1 aromatic carbocycles. The number of aryl methyl sites for hydroxylation is 2. The first-order valence-corrected chi connectivity index (χ1v) is 10.2. The van der Waals surface area contributed by atoms with Crippen LogP contribution in [0.15, 0.2) is 18.2 Å². The summed E-state index contributed by atoms with van der Waals surface area (Å²) in [4.78, 5) is 50.4. The van der Waals surface area contributed by atoms with Crippen molar-refractivity contribution in [3.05, 3.63) is 29.3 Å². The minimum Gasteiger partial charge on any atom is -0.456 e. The first kappa shape index (κ1) is 19.6. The maximum absolute atomic E-state index is 12.6. The van der Waals surface area contributed by atoms with Crippen LogP contribution in [0.2, 0.25) is 0 Å². The van der Waals surface area contributed by atoms with Crippen molar-refractivity contribution in [3.8, 4) is 0 Å². The summed E-state index contributed by atoms with van der Waals surface area (Å²) in [5, 5.41) is 2.69. The Bertz CT molecular complexity index is 852. The van der Waals surface area contributed by atoms with Crippen molar-refractivity contribution in [2.45, 2.75) is 39.5 Å². The standard InChI is InChI=1S/C22H26N2O5/c1-12-3-6-16(9-13(12)2)23-17(25)11-29-18(26)7-8-24-21(27)19-14-4-5-15(10-14)20(19)22(24)28/h3,6,9,14-15,19-20H,4-5,7-8,10-11H2,1-2H3,(H,23,25)/t14-,15+,19-,20-/m0/s1. The Hall–Kier alpha value is -2.70. The van der Waals surface area contributed by atoms with Crippen molar-refractivity contribution in [1.82, 2.24) is 4.90 Å². The number of nitrogens with one attached hydrogen (secondary N) is 1. The van der Waals surface area contributed by atoms with Gasteiger partial charge in [-0.15, -0.1) is 0 Å². The van der Waals surface area contributed by atoms with Crippen LogP contribution in [0.3, 0.4) is 0 Å². The van der Waals surface area contributed by atoms with Crippen LogP contribution < -0.4 is 5.32 Å². The largest absolute Gasteiger partial charge is 0.456 e. The molecule has 3 fully saturated rings. The number of hydrogen-bond donors (Lipinski definition) is 1. The molecule has 0 radical (unpaired) electrons. The van der Waals surface area contributed by atoms with E-state index in [-0.39, 0.29) is 36.6 Å². The zero-order chi connectivity index (χ0) is 20.7. The third kappa shape index (κ3) is 3.66. The molecule has 4 rings (SSSR count). The van der Waals surface area contributed by atoms with Crippen LogP contribution in [-0.4, -0.2) is 41.7 Å². The summed E-state index contributed by atoms with van der Waals surface area (Å²) >= 11 is 0. The molecule has 1 saturated heterocycles. The van der Waals surface area contributed by atoms with Gasteiger partial charge in [0.25, 0.3) is 5.91 Å². The molecule has 2 aliphatic carbocycles. The zero-order valence-corrected chi connectivity index (χ0v) is 16.8. The first-order chi connectivity index (χ1) is 13.8. The molecule has 7 nitrogen and oxygen atoms in total. The van der Waals surface area contributed by atoms with Crippen molar-refractivity contribution < 1.29 is 23.9 Å². The highest BCUT2D eigenvalue weighted by Gasteiger charge is 2.60. The monoisotopic (exact) mass is 398 g/mol. The van der Waals surface area contributed by atoms with Gasteiger partial charge in [0, 0.05) is 12.2 Å². The molecule has 29 heavy (non-hydrogen) atoms. The topological polar surface area (TPSA) is 92.8 Å². The number of imide groups is 1. The van der Waals surface area contributed by atoms with Crippen LogP contribution in [-0.2, 0) is 23.9 Å².